The molecule has 1 aliphatic rings. The number of anilines is 1. The lowest BCUT2D eigenvalue weighted by molar-refractivity contribution is 0.259. The van der Waals surface area contributed by atoms with E-state index in [1.54, 1.807) is 18.3 Å². The highest BCUT2D eigenvalue weighted by molar-refractivity contribution is 7.90. The summed E-state index contributed by atoms with van der Waals surface area (Å²) in [5.74, 6) is 0. The molecule has 1 aromatic rings. The van der Waals surface area contributed by atoms with Crippen molar-refractivity contribution in [2.45, 2.75) is 32.2 Å². The highest BCUT2D eigenvalue weighted by atomic mass is 32.2. The Morgan fingerprint density at radius 3 is 3.00 bits per heavy atom. The average Bonchev–Trinajstić information content (AvgIpc) is 2.38. The zero-order valence-electron chi connectivity index (χ0n) is 11.0. The van der Waals surface area contributed by atoms with E-state index in [0.717, 1.165) is 25.0 Å². The molecule has 0 amide bonds. The van der Waals surface area contributed by atoms with Crippen LogP contribution in [0.5, 0.6) is 0 Å². The largest absolute Gasteiger partial charge is 0.329 e. The molecule has 0 aromatic carbocycles. The Morgan fingerprint density at radius 2 is 2.32 bits per heavy atom. The Balaban J connectivity index is 2.17. The third-order valence-corrected chi connectivity index (χ3v) is 4.89. The Hall–Kier alpha value is -1.18. The van der Waals surface area contributed by atoms with Crippen molar-refractivity contribution < 1.29 is 8.42 Å². The van der Waals surface area contributed by atoms with Gasteiger partial charge in [-0.3, -0.25) is 9.71 Å². The normalized spacial score (nSPS) is 21.3. The van der Waals surface area contributed by atoms with Crippen LogP contribution in [0, 0.1) is 6.92 Å². The molecular formula is C12H20N4O2S. The highest BCUT2D eigenvalue weighted by Crippen LogP contribution is 2.21. The molecule has 1 fully saturated rings. The molecule has 0 aliphatic carbocycles. The first-order chi connectivity index (χ1) is 9.03. The first-order valence-corrected chi connectivity index (χ1v) is 7.89. The van der Waals surface area contributed by atoms with Gasteiger partial charge in [-0.2, -0.15) is 12.7 Å². The molecule has 1 aromatic heterocycles. The van der Waals surface area contributed by atoms with Gasteiger partial charge in [0.25, 0.3) is 0 Å². The molecule has 0 radical (unpaired) electrons. The Labute approximate surface area is 114 Å². The minimum atomic E-state index is -3.54. The van der Waals surface area contributed by atoms with Crippen LogP contribution in [0.25, 0.3) is 0 Å². The van der Waals surface area contributed by atoms with Gasteiger partial charge in [-0.15, -0.1) is 0 Å². The third kappa shape index (κ3) is 3.43. The lowest BCUT2D eigenvalue weighted by Gasteiger charge is -2.33. The van der Waals surface area contributed by atoms with E-state index in [1.165, 1.54) is 4.31 Å². The minimum Gasteiger partial charge on any atom is -0.329 e. The van der Waals surface area contributed by atoms with E-state index < -0.39 is 10.2 Å². The van der Waals surface area contributed by atoms with E-state index in [-0.39, 0.29) is 6.04 Å². The molecule has 2 heterocycles. The number of aromatic nitrogens is 1. The van der Waals surface area contributed by atoms with Crippen LogP contribution in [0.1, 0.15) is 25.0 Å². The topological polar surface area (TPSA) is 88.3 Å². The molecule has 1 unspecified atom stereocenters. The van der Waals surface area contributed by atoms with Crippen molar-refractivity contribution in [3.05, 3.63) is 24.0 Å². The van der Waals surface area contributed by atoms with Crippen LogP contribution < -0.4 is 10.5 Å². The molecule has 6 nitrogen and oxygen atoms in total. The molecule has 1 aliphatic heterocycles. The third-order valence-electron chi connectivity index (χ3n) is 3.30. The van der Waals surface area contributed by atoms with Gasteiger partial charge in [-0.1, -0.05) is 6.42 Å². The summed E-state index contributed by atoms with van der Waals surface area (Å²) < 4.78 is 28.8. The summed E-state index contributed by atoms with van der Waals surface area (Å²) in [6.45, 7) is 2.71. The lowest BCUT2D eigenvalue weighted by Crippen LogP contribution is -2.49. The van der Waals surface area contributed by atoms with E-state index in [4.69, 9.17) is 5.73 Å². The van der Waals surface area contributed by atoms with Gasteiger partial charge < -0.3 is 5.73 Å². The lowest BCUT2D eigenvalue weighted by atomic mass is 10.1. The van der Waals surface area contributed by atoms with E-state index in [2.05, 4.69) is 9.71 Å². The molecular weight excluding hydrogens is 264 g/mol. The van der Waals surface area contributed by atoms with Crippen LogP contribution in [-0.4, -0.2) is 36.8 Å². The summed E-state index contributed by atoms with van der Waals surface area (Å²) in [7, 11) is -3.54. The molecule has 2 rings (SSSR count). The van der Waals surface area contributed by atoms with Gasteiger partial charge in [0.15, 0.2) is 0 Å². The second-order valence-corrected chi connectivity index (χ2v) is 6.41. The van der Waals surface area contributed by atoms with Crippen LogP contribution >= 0.6 is 0 Å². The number of pyridine rings is 1. The number of nitrogens with one attached hydrogen (secondary N) is 1. The van der Waals surface area contributed by atoms with E-state index in [0.29, 0.717) is 18.8 Å². The van der Waals surface area contributed by atoms with Gasteiger partial charge in [0.2, 0.25) is 0 Å². The van der Waals surface area contributed by atoms with Crippen molar-refractivity contribution in [1.29, 1.82) is 0 Å². The van der Waals surface area contributed by atoms with Crippen molar-refractivity contribution in [3.63, 3.8) is 0 Å². The van der Waals surface area contributed by atoms with Gasteiger partial charge in [0, 0.05) is 31.0 Å². The van der Waals surface area contributed by atoms with E-state index in [1.807, 2.05) is 6.92 Å². The molecule has 0 saturated carbocycles. The van der Waals surface area contributed by atoms with Crippen molar-refractivity contribution >= 4 is 15.9 Å². The Bertz CT molecular complexity index is 532. The smallest absolute Gasteiger partial charge is 0.301 e. The molecule has 7 heteroatoms. The molecule has 106 valence electrons. The SMILES string of the molecule is Cc1cc(NS(=O)(=O)N2CCCCC2CN)ccn1. The predicted octanol–water partition coefficient (Wildman–Crippen LogP) is 0.860. The fourth-order valence-electron chi connectivity index (χ4n) is 2.34. The number of hydrogen-bond donors (Lipinski definition) is 2. The zero-order chi connectivity index (χ0) is 13.9. The van der Waals surface area contributed by atoms with Crippen LogP contribution in [0.15, 0.2) is 18.3 Å². The standard InChI is InChI=1S/C12H20N4O2S/c1-10-8-11(5-6-14-10)15-19(17,18)16-7-3-2-4-12(16)9-13/h5-6,8,12H,2-4,7,9,13H2,1H3,(H,14,15). The zero-order valence-corrected chi connectivity index (χ0v) is 11.9. The van der Waals surface area contributed by atoms with Gasteiger partial charge in [0.05, 0.1) is 5.69 Å². The second-order valence-electron chi connectivity index (χ2n) is 4.79. The van der Waals surface area contributed by atoms with Gasteiger partial charge in [0.1, 0.15) is 0 Å². The van der Waals surface area contributed by atoms with Crippen LogP contribution in [0.3, 0.4) is 0 Å². The second kappa shape index (κ2) is 5.85. The van der Waals surface area contributed by atoms with E-state index in [9.17, 15) is 8.42 Å². The van der Waals surface area contributed by atoms with Gasteiger partial charge in [-0.05, 0) is 31.9 Å². The predicted molar refractivity (Wildman–Crippen MR) is 74.9 cm³/mol. The maximum Gasteiger partial charge on any atom is 0.301 e. The summed E-state index contributed by atoms with van der Waals surface area (Å²) in [6.07, 6.45) is 4.33. The fourth-order valence-corrected chi connectivity index (χ4v) is 3.84. The maximum absolute atomic E-state index is 12.4. The van der Waals surface area contributed by atoms with Crippen molar-refractivity contribution in [3.8, 4) is 0 Å². The van der Waals surface area contributed by atoms with E-state index >= 15 is 0 Å². The average molecular weight is 284 g/mol. The molecule has 1 atom stereocenters. The van der Waals surface area contributed by atoms with Gasteiger partial charge >= 0.3 is 10.2 Å². The molecule has 1 saturated heterocycles. The maximum atomic E-state index is 12.4. The number of hydrogen-bond acceptors (Lipinski definition) is 4. The molecule has 0 spiro atoms. The Kier molecular flexibility index (Phi) is 4.38. The van der Waals surface area contributed by atoms with Crippen molar-refractivity contribution in [2.75, 3.05) is 17.8 Å². The first kappa shape index (κ1) is 14.2. The Morgan fingerprint density at radius 1 is 1.53 bits per heavy atom. The number of nitrogens with zero attached hydrogens (tertiary/aromatic N) is 2. The van der Waals surface area contributed by atoms with Crippen LogP contribution in [-0.2, 0) is 10.2 Å². The van der Waals surface area contributed by atoms with Crippen molar-refractivity contribution in [1.82, 2.24) is 9.29 Å². The molecule has 19 heavy (non-hydrogen) atoms. The number of rotatable bonds is 4. The van der Waals surface area contributed by atoms with Crippen LogP contribution in [0.4, 0.5) is 5.69 Å². The highest BCUT2D eigenvalue weighted by Gasteiger charge is 2.31. The molecule has 0 bridgehead atoms. The van der Waals surface area contributed by atoms with Crippen LogP contribution in [0.2, 0.25) is 0 Å². The summed E-state index contributed by atoms with van der Waals surface area (Å²) >= 11 is 0. The summed E-state index contributed by atoms with van der Waals surface area (Å²) in [6, 6.07) is 3.25. The van der Waals surface area contributed by atoms with Crippen molar-refractivity contribution in [2.24, 2.45) is 5.73 Å². The quantitative estimate of drug-likeness (QED) is 0.858. The molecule has 3 N–H and O–H groups in total. The summed E-state index contributed by atoms with van der Waals surface area (Å²) in [5.41, 5.74) is 6.97. The minimum absolute atomic E-state index is 0.103. The first-order valence-electron chi connectivity index (χ1n) is 6.45. The number of aryl methyl sites for hydroxylation is 1. The summed E-state index contributed by atoms with van der Waals surface area (Å²) in [5, 5.41) is 0. The number of piperidine rings is 1. The summed E-state index contributed by atoms with van der Waals surface area (Å²) in [4.78, 5) is 4.05. The number of nitrogens with two attached hydrogens (primary N) is 1. The monoisotopic (exact) mass is 284 g/mol. The van der Waals surface area contributed by atoms with Gasteiger partial charge in [-0.25, -0.2) is 0 Å². The fraction of sp³-hybridized carbons (Fsp3) is 0.583.